The van der Waals surface area contributed by atoms with Gasteiger partial charge in [-0.1, -0.05) is 23.2 Å². The first-order chi connectivity index (χ1) is 7.13. The summed E-state index contributed by atoms with van der Waals surface area (Å²) in [5.41, 5.74) is 0.777. The van der Waals surface area contributed by atoms with E-state index in [2.05, 4.69) is 4.74 Å². The number of rotatable bonds is 2. The number of methoxy groups -OCH3 is 1. The van der Waals surface area contributed by atoms with Gasteiger partial charge in [-0.15, -0.1) is 0 Å². The number of halogens is 2. The molecule has 1 aliphatic heterocycles. The molecule has 0 radical (unpaired) electrons. The first-order valence-electron chi connectivity index (χ1n) is 4.43. The largest absolute Gasteiger partial charge is 0.467 e. The second-order valence-electron chi connectivity index (χ2n) is 3.29. The summed E-state index contributed by atoms with van der Waals surface area (Å²) in [6, 6.07) is 4.95. The van der Waals surface area contributed by atoms with Crippen molar-refractivity contribution in [2.75, 3.05) is 18.6 Å². The van der Waals surface area contributed by atoms with E-state index in [4.69, 9.17) is 23.2 Å². The van der Waals surface area contributed by atoms with Crippen molar-refractivity contribution in [2.45, 2.75) is 6.04 Å². The third kappa shape index (κ3) is 2.03. The monoisotopic (exact) mass is 245 g/mol. The van der Waals surface area contributed by atoms with Crippen LogP contribution in [-0.4, -0.2) is 25.7 Å². The van der Waals surface area contributed by atoms with Crippen LogP contribution in [0.3, 0.4) is 0 Å². The summed E-state index contributed by atoms with van der Waals surface area (Å²) in [5, 5.41) is 1.19. The van der Waals surface area contributed by atoms with Crippen molar-refractivity contribution in [3.05, 3.63) is 28.2 Å². The fourth-order valence-electron chi connectivity index (χ4n) is 1.45. The van der Waals surface area contributed by atoms with Gasteiger partial charge in [0.15, 0.2) is 0 Å². The minimum atomic E-state index is -0.244. The average Bonchev–Trinajstić information content (AvgIpc) is 3.00. The molecule has 1 aliphatic rings. The Labute approximate surface area is 97.5 Å². The maximum absolute atomic E-state index is 11.2. The molecule has 0 amide bonds. The smallest absolute Gasteiger partial charge is 0.330 e. The fourth-order valence-corrected chi connectivity index (χ4v) is 1.84. The maximum atomic E-state index is 11.2. The van der Waals surface area contributed by atoms with Crippen LogP contribution in [-0.2, 0) is 9.53 Å². The van der Waals surface area contributed by atoms with Crippen LogP contribution in [0.2, 0.25) is 10.0 Å². The zero-order valence-electron chi connectivity index (χ0n) is 8.04. The average molecular weight is 246 g/mol. The van der Waals surface area contributed by atoms with Crippen LogP contribution in [0.4, 0.5) is 5.69 Å². The number of carbonyl (C=O) groups is 1. The van der Waals surface area contributed by atoms with Crippen LogP contribution >= 0.6 is 23.2 Å². The third-order valence-electron chi connectivity index (χ3n) is 2.30. The number of anilines is 1. The topological polar surface area (TPSA) is 29.3 Å². The molecule has 80 valence electrons. The molecule has 3 nitrogen and oxygen atoms in total. The van der Waals surface area contributed by atoms with E-state index in [1.165, 1.54) is 7.11 Å². The Kier molecular flexibility index (Phi) is 2.76. The van der Waals surface area contributed by atoms with Crippen LogP contribution in [0, 0.1) is 0 Å². The fraction of sp³-hybridized carbons (Fsp3) is 0.300. The van der Waals surface area contributed by atoms with Gasteiger partial charge >= 0.3 is 5.97 Å². The van der Waals surface area contributed by atoms with Gasteiger partial charge in [0.05, 0.1) is 24.4 Å². The van der Waals surface area contributed by atoms with Crippen LogP contribution in [0.15, 0.2) is 18.2 Å². The Morgan fingerprint density at radius 1 is 1.53 bits per heavy atom. The zero-order chi connectivity index (χ0) is 11.0. The first kappa shape index (κ1) is 10.6. The lowest BCUT2D eigenvalue weighted by Crippen LogP contribution is -2.13. The van der Waals surface area contributed by atoms with E-state index >= 15 is 0 Å². The molecule has 1 atom stereocenters. The molecule has 1 aromatic carbocycles. The second kappa shape index (κ2) is 3.91. The Morgan fingerprint density at radius 3 is 2.93 bits per heavy atom. The summed E-state index contributed by atoms with van der Waals surface area (Å²) in [6.45, 7) is 0.632. The highest BCUT2D eigenvalue weighted by atomic mass is 35.5. The Morgan fingerprint density at radius 2 is 2.27 bits per heavy atom. The Hall–Kier alpha value is -0.930. The van der Waals surface area contributed by atoms with E-state index in [1.807, 2.05) is 4.90 Å². The number of carbonyl (C=O) groups excluding carboxylic acids is 1. The standard InChI is InChI=1S/C10H9Cl2NO2/c1-15-10(14)9-5-13(9)8-4-6(11)2-3-7(8)12/h2-4,9H,5H2,1H3. The van der Waals surface area contributed by atoms with E-state index in [1.54, 1.807) is 18.2 Å². The number of nitrogens with zero attached hydrogens (tertiary/aromatic N) is 1. The maximum Gasteiger partial charge on any atom is 0.330 e. The predicted molar refractivity (Wildman–Crippen MR) is 59.6 cm³/mol. The minimum absolute atomic E-state index is 0.217. The van der Waals surface area contributed by atoms with Gasteiger partial charge in [-0.2, -0.15) is 0 Å². The number of ether oxygens (including phenoxy) is 1. The lowest BCUT2D eigenvalue weighted by atomic mass is 10.3. The highest BCUT2D eigenvalue weighted by Gasteiger charge is 2.42. The van der Waals surface area contributed by atoms with Crippen molar-refractivity contribution in [2.24, 2.45) is 0 Å². The summed E-state index contributed by atoms with van der Waals surface area (Å²) in [7, 11) is 1.37. The molecule has 1 unspecified atom stereocenters. The molecule has 1 saturated heterocycles. The molecule has 0 saturated carbocycles. The van der Waals surface area contributed by atoms with Crippen LogP contribution in [0.1, 0.15) is 0 Å². The molecule has 0 spiro atoms. The lowest BCUT2D eigenvalue weighted by Gasteiger charge is -2.07. The van der Waals surface area contributed by atoms with E-state index in [9.17, 15) is 4.79 Å². The molecule has 5 heteroatoms. The van der Waals surface area contributed by atoms with Crippen LogP contribution in [0.5, 0.6) is 0 Å². The highest BCUT2D eigenvalue weighted by molar-refractivity contribution is 6.35. The molecule has 1 fully saturated rings. The van der Waals surface area contributed by atoms with E-state index in [0.717, 1.165) is 5.69 Å². The van der Waals surface area contributed by atoms with Gasteiger partial charge < -0.3 is 9.64 Å². The number of hydrogen-bond donors (Lipinski definition) is 0. The number of esters is 1. The van der Waals surface area contributed by atoms with Crippen molar-refractivity contribution in [3.63, 3.8) is 0 Å². The minimum Gasteiger partial charge on any atom is -0.467 e. The van der Waals surface area contributed by atoms with Crippen molar-refractivity contribution < 1.29 is 9.53 Å². The Balaban J connectivity index is 2.19. The first-order valence-corrected chi connectivity index (χ1v) is 5.18. The van der Waals surface area contributed by atoms with E-state index in [0.29, 0.717) is 16.6 Å². The second-order valence-corrected chi connectivity index (χ2v) is 4.13. The van der Waals surface area contributed by atoms with Crippen LogP contribution in [0.25, 0.3) is 0 Å². The predicted octanol–water partition coefficient (Wildman–Crippen LogP) is 2.36. The summed E-state index contributed by atoms with van der Waals surface area (Å²) in [5.74, 6) is -0.244. The molecule has 2 rings (SSSR count). The van der Waals surface area contributed by atoms with Gasteiger partial charge in [0.2, 0.25) is 0 Å². The van der Waals surface area contributed by atoms with Crippen molar-refractivity contribution in [1.29, 1.82) is 0 Å². The highest BCUT2D eigenvalue weighted by Crippen LogP contribution is 2.36. The molecule has 0 aromatic heterocycles. The molecular weight excluding hydrogens is 237 g/mol. The number of hydrogen-bond acceptors (Lipinski definition) is 3. The van der Waals surface area contributed by atoms with E-state index < -0.39 is 0 Å². The summed E-state index contributed by atoms with van der Waals surface area (Å²) < 4.78 is 4.64. The van der Waals surface area contributed by atoms with Crippen molar-refractivity contribution in [1.82, 2.24) is 0 Å². The van der Waals surface area contributed by atoms with Gasteiger partial charge in [-0.25, -0.2) is 4.79 Å². The third-order valence-corrected chi connectivity index (χ3v) is 2.86. The van der Waals surface area contributed by atoms with Crippen molar-refractivity contribution >= 4 is 34.9 Å². The van der Waals surface area contributed by atoms with Crippen molar-refractivity contribution in [3.8, 4) is 0 Å². The number of benzene rings is 1. The van der Waals surface area contributed by atoms with Gasteiger partial charge in [0.25, 0.3) is 0 Å². The summed E-state index contributed by atoms with van der Waals surface area (Å²) >= 11 is 11.8. The summed E-state index contributed by atoms with van der Waals surface area (Å²) in [6.07, 6.45) is 0. The van der Waals surface area contributed by atoms with E-state index in [-0.39, 0.29) is 12.0 Å². The van der Waals surface area contributed by atoms with Gasteiger partial charge in [-0.3, -0.25) is 0 Å². The molecule has 0 bridgehead atoms. The Bertz CT molecular complexity index is 408. The molecule has 1 aromatic rings. The normalized spacial score (nSPS) is 18.9. The molecule has 1 heterocycles. The quantitative estimate of drug-likeness (QED) is 0.592. The van der Waals surface area contributed by atoms with Gasteiger partial charge in [0.1, 0.15) is 6.04 Å². The van der Waals surface area contributed by atoms with Gasteiger partial charge in [-0.05, 0) is 18.2 Å². The lowest BCUT2D eigenvalue weighted by molar-refractivity contribution is -0.139. The van der Waals surface area contributed by atoms with Gasteiger partial charge in [0, 0.05) is 5.02 Å². The van der Waals surface area contributed by atoms with Crippen LogP contribution < -0.4 is 4.90 Å². The molecule has 15 heavy (non-hydrogen) atoms. The molecule has 0 N–H and O–H groups in total. The molecule has 0 aliphatic carbocycles. The zero-order valence-corrected chi connectivity index (χ0v) is 9.55. The molecular formula is C10H9Cl2NO2. The SMILES string of the molecule is COC(=O)C1CN1c1cc(Cl)ccc1Cl. The summed E-state index contributed by atoms with van der Waals surface area (Å²) in [4.78, 5) is 13.1.